The van der Waals surface area contributed by atoms with Crippen LogP contribution >= 0.6 is 0 Å². The number of carbonyl (C=O) groups is 2. The molecule has 0 spiro atoms. The highest BCUT2D eigenvalue weighted by Crippen LogP contribution is 2.05. The van der Waals surface area contributed by atoms with E-state index >= 15 is 0 Å². The number of ether oxygens (including phenoxy) is 1. The van der Waals surface area contributed by atoms with Crippen LogP contribution in [-0.2, 0) is 9.53 Å². The van der Waals surface area contributed by atoms with Gasteiger partial charge in [0.15, 0.2) is 5.79 Å². The van der Waals surface area contributed by atoms with Crippen LogP contribution in [0, 0.1) is 0 Å². The van der Waals surface area contributed by atoms with Crippen LogP contribution < -0.4 is 10.6 Å². The third-order valence-electron chi connectivity index (χ3n) is 1.41. The number of hydrogen-bond donors (Lipinski definition) is 4. The molecule has 0 radical (unpaired) electrons. The number of amides is 2. The first kappa shape index (κ1) is 15.7. The number of hydrogen-bond acceptors (Lipinski definition) is 5. The van der Waals surface area contributed by atoms with Crippen LogP contribution in [0.1, 0.15) is 27.7 Å². The van der Waals surface area contributed by atoms with E-state index in [9.17, 15) is 9.59 Å². The van der Waals surface area contributed by atoms with Crippen molar-refractivity contribution in [2.45, 2.75) is 39.1 Å². The minimum Gasteiger partial charge on any atom is -0.444 e. The van der Waals surface area contributed by atoms with Crippen molar-refractivity contribution in [3.8, 4) is 0 Å². The number of rotatable bonds is 4. The van der Waals surface area contributed by atoms with Crippen LogP contribution in [0.15, 0.2) is 0 Å². The van der Waals surface area contributed by atoms with Crippen LogP contribution in [-0.4, -0.2) is 46.7 Å². The summed E-state index contributed by atoms with van der Waals surface area (Å²) in [4.78, 5) is 22.3. The maximum Gasteiger partial charge on any atom is 0.408 e. The van der Waals surface area contributed by atoms with Gasteiger partial charge < -0.3 is 25.6 Å². The van der Waals surface area contributed by atoms with Gasteiger partial charge in [-0.25, -0.2) is 4.79 Å². The molecule has 0 aliphatic carbocycles. The molecule has 0 aliphatic rings. The summed E-state index contributed by atoms with van der Waals surface area (Å²) in [5, 5.41) is 22.3. The Labute approximate surface area is 100 Å². The van der Waals surface area contributed by atoms with E-state index in [-0.39, 0.29) is 13.1 Å². The number of alkyl carbamates (subject to hydrolysis) is 1. The third kappa shape index (κ3) is 10.9. The Balaban J connectivity index is 3.82. The van der Waals surface area contributed by atoms with Crippen molar-refractivity contribution in [2.24, 2.45) is 0 Å². The molecule has 0 heterocycles. The van der Waals surface area contributed by atoms with Crippen molar-refractivity contribution in [2.75, 3.05) is 13.1 Å². The Kier molecular flexibility index (Phi) is 5.37. The van der Waals surface area contributed by atoms with Crippen molar-refractivity contribution in [1.82, 2.24) is 10.6 Å². The van der Waals surface area contributed by atoms with Gasteiger partial charge in [0.2, 0.25) is 5.91 Å². The van der Waals surface area contributed by atoms with Crippen LogP contribution in [0.5, 0.6) is 0 Å². The topological polar surface area (TPSA) is 108 Å². The molecular formula is C10H20N2O5. The molecule has 0 fully saturated rings. The smallest absolute Gasteiger partial charge is 0.408 e. The second-order valence-electron chi connectivity index (χ2n) is 4.85. The lowest BCUT2D eigenvalue weighted by Crippen LogP contribution is -2.45. The predicted octanol–water partition coefficient (Wildman–Crippen LogP) is -0.672. The summed E-state index contributed by atoms with van der Waals surface area (Å²) < 4.78 is 4.90. The standard InChI is InChI=1S/C10H20N2O5/c1-9(2,3)17-8(14)11-5-7(13)12-6-10(4,15)16/h15-16H,5-6H2,1-4H3,(H,11,14)(H,12,13). The van der Waals surface area contributed by atoms with Crippen LogP contribution in [0.25, 0.3) is 0 Å². The van der Waals surface area contributed by atoms with Crippen molar-refractivity contribution >= 4 is 12.0 Å². The van der Waals surface area contributed by atoms with Gasteiger partial charge in [-0.1, -0.05) is 0 Å². The maximum absolute atomic E-state index is 11.2. The van der Waals surface area contributed by atoms with E-state index < -0.39 is 23.4 Å². The van der Waals surface area contributed by atoms with Gasteiger partial charge in [0.25, 0.3) is 0 Å². The molecule has 100 valence electrons. The molecule has 0 saturated carbocycles. The zero-order valence-corrected chi connectivity index (χ0v) is 10.5. The molecule has 0 aliphatic heterocycles. The van der Waals surface area contributed by atoms with Crippen molar-refractivity contribution < 1.29 is 24.5 Å². The lowest BCUT2D eigenvalue weighted by Gasteiger charge is -2.20. The Morgan fingerprint density at radius 1 is 1.12 bits per heavy atom. The summed E-state index contributed by atoms with van der Waals surface area (Å²) in [6.45, 7) is 5.64. The van der Waals surface area contributed by atoms with Crippen LogP contribution in [0.2, 0.25) is 0 Å². The van der Waals surface area contributed by atoms with E-state index in [4.69, 9.17) is 14.9 Å². The Morgan fingerprint density at radius 2 is 1.65 bits per heavy atom. The highest BCUT2D eigenvalue weighted by molar-refractivity contribution is 5.82. The summed E-state index contributed by atoms with van der Waals surface area (Å²) in [6, 6.07) is 0. The Bertz CT molecular complexity index is 277. The fourth-order valence-corrected chi connectivity index (χ4v) is 0.795. The van der Waals surface area contributed by atoms with Gasteiger partial charge in [-0.05, 0) is 27.7 Å². The van der Waals surface area contributed by atoms with E-state index in [2.05, 4.69) is 10.6 Å². The minimum atomic E-state index is -1.97. The van der Waals surface area contributed by atoms with E-state index in [1.54, 1.807) is 20.8 Å². The lowest BCUT2D eigenvalue weighted by atomic mass is 10.2. The average Bonchev–Trinajstić information content (AvgIpc) is 2.07. The molecule has 4 N–H and O–H groups in total. The van der Waals surface area contributed by atoms with Crippen LogP contribution in [0.3, 0.4) is 0 Å². The molecule has 7 heteroatoms. The zero-order valence-electron chi connectivity index (χ0n) is 10.5. The molecule has 0 bridgehead atoms. The maximum atomic E-state index is 11.2. The monoisotopic (exact) mass is 248 g/mol. The van der Waals surface area contributed by atoms with Crippen molar-refractivity contribution in [3.05, 3.63) is 0 Å². The van der Waals surface area contributed by atoms with Crippen molar-refractivity contribution in [1.29, 1.82) is 0 Å². The van der Waals surface area contributed by atoms with E-state index in [1.165, 1.54) is 0 Å². The first-order valence-corrected chi connectivity index (χ1v) is 5.18. The fourth-order valence-electron chi connectivity index (χ4n) is 0.795. The van der Waals surface area contributed by atoms with Gasteiger partial charge in [-0.15, -0.1) is 0 Å². The summed E-state index contributed by atoms with van der Waals surface area (Å²) >= 11 is 0. The number of carbonyl (C=O) groups excluding carboxylic acids is 2. The molecule has 0 saturated heterocycles. The molecule has 2 amide bonds. The van der Waals surface area contributed by atoms with Gasteiger partial charge in [-0.3, -0.25) is 4.79 Å². The third-order valence-corrected chi connectivity index (χ3v) is 1.41. The molecule has 7 nitrogen and oxygen atoms in total. The SMILES string of the molecule is CC(O)(O)CNC(=O)CNC(=O)OC(C)(C)C. The zero-order chi connectivity index (χ0) is 13.7. The van der Waals surface area contributed by atoms with Gasteiger partial charge in [-0.2, -0.15) is 0 Å². The largest absolute Gasteiger partial charge is 0.444 e. The molecule has 0 aromatic carbocycles. The van der Waals surface area contributed by atoms with Crippen molar-refractivity contribution in [3.63, 3.8) is 0 Å². The quantitative estimate of drug-likeness (QED) is 0.493. The molecular weight excluding hydrogens is 228 g/mol. The average molecular weight is 248 g/mol. The Morgan fingerprint density at radius 3 is 2.06 bits per heavy atom. The summed E-state index contributed by atoms with van der Waals surface area (Å²) in [5.74, 6) is -2.51. The van der Waals surface area contributed by atoms with Gasteiger partial charge >= 0.3 is 6.09 Å². The van der Waals surface area contributed by atoms with E-state index in [0.717, 1.165) is 6.92 Å². The Hall–Kier alpha value is -1.34. The summed E-state index contributed by atoms with van der Waals surface area (Å²) in [6.07, 6.45) is -0.705. The first-order valence-electron chi connectivity index (χ1n) is 5.18. The summed E-state index contributed by atoms with van der Waals surface area (Å²) in [7, 11) is 0. The molecule has 0 aromatic heterocycles. The fraction of sp³-hybridized carbons (Fsp3) is 0.800. The predicted molar refractivity (Wildman–Crippen MR) is 60.1 cm³/mol. The first-order chi connectivity index (χ1) is 7.49. The van der Waals surface area contributed by atoms with Gasteiger partial charge in [0, 0.05) is 0 Å². The highest BCUT2D eigenvalue weighted by Gasteiger charge is 2.18. The number of aliphatic hydroxyl groups is 2. The molecule has 0 rings (SSSR count). The molecule has 17 heavy (non-hydrogen) atoms. The van der Waals surface area contributed by atoms with Gasteiger partial charge in [0.05, 0.1) is 13.1 Å². The molecule has 0 aromatic rings. The normalized spacial score (nSPS) is 11.9. The lowest BCUT2D eigenvalue weighted by molar-refractivity contribution is -0.147. The number of nitrogens with one attached hydrogen (secondary N) is 2. The highest BCUT2D eigenvalue weighted by atomic mass is 16.6. The molecule has 0 atom stereocenters. The van der Waals surface area contributed by atoms with Crippen LogP contribution in [0.4, 0.5) is 4.79 Å². The van der Waals surface area contributed by atoms with E-state index in [1.807, 2.05) is 0 Å². The summed E-state index contributed by atoms with van der Waals surface area (Å²) in [5.41, 5.74) is -0.630. The van der Waals surface area contributed by atoms with E-state index in [0.29, 0.717) is 0 Å². The molecule has 0 unspecified atom stereocenters. The van der Waals surface area contributed by atoms with Gasteiger partial charge in [0.1, 0.15) is 5.60 Å². The second-order valence-corrected chi connectivity index (χ2v) is 4.85. The second kappa shape index (κ2) is 5.83. The minimum absolute atomic E-state index is 0.287.